The quantitative estimate of drug-likeness (QED) is 0.456. The number of ether oxygens (including phenoxy) is 1. The maximum atomic E-state index is 14.1. The minimum absolute atomic E-state index is 0.0114. The largest absolute Gasteiger partial charge is 0.458 e. The molecule has 0 unspecified atom stereocenters. The van der Waals surface area contributed by atoms with Crippen LogP contribution >= 0.6 is 0 Å². The lowest BCUT2D eigenvalue weighted by molar-refractivity contribution is -0.172. The van der Waals surface area contributed by atoms with Crippen LogP contribution in [0, 0.1) is 5.82 Å². The highest BCUT2D eigenvalue weighted by molar-refractivity contribution is 5.88. The van der Waals surface area contributed by atoms with E-state index >= 15 is 0 Å². The Kier molecular flexibility index (Phi) is 3.93. The number of fused-ring (bicyclic) bond motifs is 5. The van der Waals surface area contributed by atoms with Gasteiger partial charge in [0.15, 0.2) is 11.0 Å². The van der Waals surface area contributed by atoms with E-state index in [9.17, 15) is 23.9 Å². The summed E-state index contributed by atoms with van der Waals surface area (Å²) in [5.41, 5.74) is 5.31. The van der Waals surface area contributed by atoms with Crippen LogP contribution in [0.3, 0.4) is 0 Å². The molecule has 2 aliphatic heterocycles. The number of rotatable bonds is 3. The Hall–Kier alpha value is -3.30. The first kappa shape index (κ1) is 20.3. The van der Waals surface area contributed by atoms with E-state index in [0.717, 1.165) is 12.8 Å². The summed E-state index contributed by atoms with van der Waals surface area (Å²) >= 11 is 0. The highest BCUT2D eigenvalue weighted by Crippen LogP contribution is 2.40. The first-order chi connectivity index (χ1) is 15.7. The number of esters is 1. The fourth-order valence-corrected chi connectivity index (χ4v) is 5.13. The number of carbonyl (C=O) groups excluding carboxylic acids is 1. The molecule has 1 saturated carbocycles. The van der Waals surface area contributed by atoms with Gasteiger partial charge in [0.2, 0.25) is 0 Å². The summed E-state index contributed by atoms with van der Waals surface area (Å²) < 4.78 is 22.6. The van der Waals surface area contributed by atoms with Crippen molar-refractivity contribution in [3.63, 3.8) is 0 Å². The molecule has 1 atom stereocenters. The van der Waals surface area contributed by atoms with Crippen molar-refractivity contribution in [1.29, 1.82) is 0 Å². The molecule has 3 N–H and O–H groups in total. The summed E-state index contributed by atoms with van der Waals surface area (Å²) in [7, 11) is 0. The lowest BCUT2D eigenvalue weighted by atomic mass is 9.85. The van der Waals surface area contributed by atoms with Crippen molar-refractivity contribution >= 4 is 16.9 Å². The molecule has 1 aliphatic carbocycles. The molecule has 1 aromatic carbocycles. The van der Waals surface area contributed by atoms with E-state index in [1.165, 1.54) is 16.7 Å². The molecule has 4 heterocycles. The zero-order valence-electron chi connectivity index (χ0n) is 18.0. The number of carbonyl (C=O) groups is 1. The second kappa shape index (κ2) is 6.39. The Morgan fingerprint density at radius 2 is 1.97 bits per heavy atom. The van der Waals surface area contributed by atoms with Crippen molar-refractivity contribution in [1.82, 2.24) is 9.13 Å². The number of pyridine rings is 2. The Bertz CT molecular complexity index is 1520. The van der Waals surface area contributed by atoms with Gasteiger partial charge in [0.25, 0.3) is 5.56 Å². The molecule has 33 heavy (non-hydrogen) atoms. The molecule has 1 fully saturated rings. The average Bonchev–Trinajstić information content (AvgIpc) is 3.39. The monoisotopic (exact) mass is 451 g/mol. The molecule has 8 nitrogen and oxygen atoms in total. The van der Waals surface area contributed by atoms with E-state index in [1.54, 1.807) is 19.1 Å². The molecular formula is C24H22FN3O5. The van der Waals surface area contributed by atoms with Crippen LogP contribution in [0.5, 0.6) is 0 Å². The second-order valence-corrected chi connectivity index (χ2v) is 9.36. The van der Waals surface area contributed by atoms with Crippen molar-refractivity contribution in [3.05, 3.63) is 67.5 Å². The third kappa shape index (κ3) is 2.66. The molecule has 0 amide bonds. The van der Waals surface area contributed by atoms with Crippen molar-refractivity contribution in [2.24, 2.45) is 5.73 Å². The Morgan fingerprint density at radius 1 is 1.21 bits per heavy atom. The number of benzene rings is 1. The van der Waals surface area contributed by atoms with E-state index in [1.807, 2.05) is 4.57 Å². The standard InChI is InChI=1S/C24H22FN3O5/c1-2-24(32)15-8-17-19-18(9-27(17)21(30)14(15)10-33-22(24)31)28(11-23(26)5-6-23)16-4-3-12(25)7-13(16)20(19)29/h3-4,7-8,32H,2,5-6,9-11,26H2,1H3/t24-/m0/s1. The van der Waals surface area contributed by atoms with E-state index in [-0.39, 0.29) is 41.6 Å². The minimum atomic E-state index is -1.97. The van der Waals surface area contributed by atoms with Gasteiger partial charge in [-0.15, -0.1) is 0 Å². The molecule has 0 spiro atoms. The lowest BCUT2D eigenvalue weighted by Gasteiger charge is -2.31. The number of hydrogen-bond acceptors (Lipinski definition) is 6. The summed E-state index contributed by atoms with van der Waals surface area (Å²) in [6.45, 7) is 1.94. The van der Waals surface area contributed by atoms with Crippen LogP contribution in [-0.2, 0) is 34.8 Å². The van der Waals surface area contributed by atoms with Crippen molar-refractivity contribution in [2.75, 3.05) is 0 Å². The zero-order valence-corrected chi connectivity index (χ0v) is 18.0. The number of nitrogens with two attached hydrogens (primary N) is 1. The third-order valence-electron chi connectivity index (χ3n) is 7.31. The highest BCUT2D eigenvalue weighted by atomic mass is 19.1. The van der Waals surface area contributed by atoms with Gasteiger partial charge >= 0.3 is 5.97 Å². The van der Waals surface area contributed by atoms with Crippen LogP contribution in [0.1, 0.15) is 43.0 Å². The van der Waals surface area contributed by atoms with E-state index in [2.05, 4.69) is 0 Å². The van der Waals surface area contributed by atoms with Crippen LogP contribution in [0.4, 0.5) is 4.39 Å². The van der Waals surface area contributed by atoms with Gasteiger partial charge in [0, 0.05) is 23.0 Å². The van der Waals surface area contributed by atoms with Gasteiger partial charge in [0.1, 0.15) is 12.4 Å². The molecule has 170 valence electrons. The van der Waals surface area contributed by atoms with Crippen LogP contribution in [-0.4, -0.2) is 25.7 Å². The molecule has 0 bridgehead atoms. The van der Waals surface area contributed by atoms with E-state index < -0.39 is 33.9 Å². The molecule has 3 aliphatic rings. The smallest absolute Gasteiger partial charge is 0.343 e. The number of nitrogens with zero attached hydrogens (tertiary/aromatic N) is 2. The first-order valence-corrected chi connectivity index (χ1v) is 11.0. The normalized spacial score (nSPS) is 22.0. The fraction of sp³-hybridized carbons (Fsp3) is 0.375. The van der Waals surface area contributed by atoms with E-state index in [4.69, 9.17) is 10.5 Å². The molecule has 9 heteroatoms. The summed E-state index contributed by atoms with van der Waals surface area (Å²) in [6.07, 6.45) is 1.68. The molecule has 0 saturated heterocycles. The highest BCUT2D eigenvalue weighted by Gasteiger charge is 2.46. The third-order valence-corrected chi connectivity index (χ3v) is 7.31. The average molecular weight is 451 g/mol. The topological polar surface area (TPSA) is 117 Å². The predicted octanol–water partition coefficient (Wildman–Crippen LogP) is 1.48. The number of cyclic esters (lactones) is 1. The van der Waals surface area contributed by atoms with E-state index in [0.29, 0.717) is 23.4 Å². The van der Waals surface area contributed by atoms with Crippen LogP contribution in [0.25, 0.3) is 22.2 Å². The van der Waals surface area contributed by atoms with Crippen LogP contribution in [0.15, 0.2) is 33.9 Å². The molecule has 2 aromatic heterocycles. The number of aromatic nitrogens is 2. The van der Waals surface area contributed by atoms with Crippen LogP contribution in [0.2, 0.25) is 0 Å². The first-order valence-electron chi connectivity index (χ1n) is 11.0. The predicted molar refractivity (Wildman–Crippen MR) is 117 cm³/mol. The summed E-state index contributed by atoms with van der Waals surface area (Å²) in [5, 5.41) is 11.2. The van der Waals surface area contributed by atoms with Crippen molar-refractivity contribution in [3.8, 4) is 11.3 Å². The molecule has 6 rings (SSSR count). The van der Waals surface area contributed by atoms with Crippen LogP contribution < -0.4 is 16.7 Å². The molecular weight excluding hydrogens is 429 g/mol. The van der Waals surface area contributed by atoms with Gasteiger partial charge < -0.3 is 24.7 Å². The Morgan fingerprint density at radius 3 is 2.67 bits per heavy atom. The van der Waals surface area contributed by atoms with Gasteiger partial charge in [0.05, 0.1) is 34.6 Å². The number of halogens is 1. The van der Waals surface area contributed by atoms with Gasteiger partial charge in [-0.1, -0.05) is 6.92 Å². The summed E-state index contributed by atoms with van der Waals surface area (Å²) in [5.74, 6) is -1.36. The van der Waals surface area contributed by atoms with Gasteiger partial charge in [-0.3, -0.25) is 9.59 Å². The van der Waals surface area contributed by atoms with Gasteiger partial charge in [-0.2, -0.15) is 0 Å². The SMILES string of the molecule is CC[C@@]1(O)C(=O)OCc2c1cc1n(c2=O)Cc2c-1c(=O)c1cc(F)ccc1n2CC1(N)CC1. The maximum absolute atomic E-state index is 14.1. The van der Waals surface area contributed by atoms with Gasteiger partial charge in [-0.05, 0) is 43.5 Å². The Balaban J connectivity index is 1.69. The minimum Gasteiger partial charge on any atom is -0.458 e. The fourth-order valence-electron chi connectivity index (χ4n) is 5.13. The number of aliphatic hydroxyl groups is 1. The summed E-state index contributed by atoms with van der Waals surface area (Å²) in [6, 6.07) is 5.61. The lowest BCUT2D eigenvalue weighted by Crippen LogP contribution is -2.44. The molecule has 0 radical (unpaired) electrons. The van der Waals surface area contributed by atoms with Crippen molar-refractivity contribution in [2.45, 2.75) is 57.0 Å². The maximum Gasteiger partial charge on any atom is 0.343 e. The number of hydrogen-bond donors (Lipinski definition) is 2. The Labute approximate surface area is 187 Å². The molecule has 3 aromatic rings. The summed E-state index contributed by atoms with van der Waals surface area (Å²) in [4.78, 5) is 39.3. The van der Waals surface area contributed by atoms with Crippen molar-refractivity contribution < 1.29 is 19.0 Å². The zero-order chi connectivity index (χ0) is 23.3. The second-order valence-electron chi connectivity index (χ2n) is 9.36. The van der Waals surface area contributed by atoms with Gasteiger partial charge in [-0.25, -0.2) is 9.18 Å².